The molecule has 1 aliphatic rings. The summed E-state index contributed by atoms with van der Waals surface area (Å²) in [5.74, 6) is 0.0491. The van der Waals surface area contributed by atoms with Crippen LogP contribution in [0.1, 0.15) is 60.8 Å². The van der Waals surface area contributed by atoms with Crippen LogP contribution in [0.3, 0.4) is 0 Å². The summed E-state index contributed by atoms with van der Waals surface area (Å²) < 4.78 is 10.5. The second-order valence-electron chi connectivity index (χ2n) is 9.10. The van der Waals surface area contributed by atoms with Crippen LogP contribution in [0.5, 0.6) is 0 Å². The SMILES string of the molecule is CCOC(=O)C1=C(C)NC(SCc2ccc(CC)cc2)=NC1c1ccc(-c2cccc(C(=O)OCC)c2)cc1. The van der Waals surface area contributed by atoms with Gasteiger partial charge in [0.05, 0.1) is 24.4 Å². The summed E-state index contributed by atoms with van der Waals surface area (Å²) in [4.78, 5) is 30.1. The highest BCUT2D eigenvalue weighted by molar-refractivity contribution is 8.13. The lowest BCUT2D eigenvalue weighted by Gasteiger charge is -2.26. The molecular formula is C32H34N2O4S. The van der Waals surface area contributed by atoms with Crippen molar-refractivity contribution >= 4 is 28.9 Å². The van der Waals surface area contributed by atoms with E-state index in [1.165, 1.54) is 11.1 Å². The molecule has 1 heterocycles. The molecule has 1 unspecified atom stereocenters. The van der Waals surface area contributed by atoms with Crippen LogP contribution < -0.4 is 5.32 Å². The van der Waals surface area contributed by atoms with Gasteiger partial charge in [0.25, 0.3) is 0 Å². The van der Waals surface area contributed by atoms with Crippen molar-refractivity contribution in [3.63, 3.8) is 0 Å². The van der Waals surface area contributed by atoms with Crippen LogP contribution in [0.15, 0.2) is 89.1 Å². The first-order valence-corrected chi connectivity index (χ1v) is 14.2. The van der Waals surface area contributed by atoms with E-state index in [2.05, 4.69) is 36.5 Å². The van der Waals surface area contributed by atoms with Gasteiger partial charge in [0.15, 0.2) is 5.17 Å². The monoisotopic (exact) mass is 542 g/mol. The number of hydrogen-bond donors (Lipinski definition) is 1. The van der Waals surface area contributed by atoms with E-state index in [0.29, 0.717) is 17.7 Å². The number of aliphatic imine (C=N–C) groups is 1. The Labute approximate surface area is 234 Å². The third kappa shape index (κ3) is 6.98. The lowest BCUT2D eigenvalue weighted by Crippen LogP contribution is -2.30. The minimum atomic E-state index is -0.491. The summed E-state index contributed by atoms with van der Waals surface area (Å²) in [6.07, 6.45) is 1.01. The summed E-state index contributed by atoms with van der Waals surface area (Å²) in [5, 5.41) is 4.07. The first kappa shape index (κ1) is 28.2. The van der Waals surface area contributed by atoms with Crippen molar-refractivity contribution in [2.75, 3.05) is 13.2 Å². The average molecular weight is 543 g/mol. The molecule has 0 saturated heterocycles. The number of aryl methyl sites for hydroxylation is 1. The molecule has 0 aliphatic carbocycles. The Balaban J connectivity index is 1.60. The lowest BCUT2D eigenvalue weighted by molar-refractivity contribution is -0.138. The van der Waals surface area contributed by atoms with E-state index in [9.17, 15) is 9.59 Å². The van der Waals surface area contributed by atoms with Gasteiger partial charge < -0.3 is 14.8 Å². The number of hydrogen-bond acceptors (Lipinski definition) is 7. The number of ether oxygens (including phenoxy) is 2. The highest BCUT2D eigenvalue weighted by Crippen LogP contribution is 2.34. The van der Waals surface area contributed by atoms with Crippen molar-refractivity contribution in [2.24, 2.45) is 4.99 Å². The Kier molecular flexibility index (Phi) is 9.60. The molecule has 0 saturated carbocycles. The Morgan fingerprint density at radius 3 is 2.18 bits per heavy atom. The molecule has 1 atom stereocenters. The Bertz CT molecular complexity index is 1380. The summed E-state index contributed by atoms with van der Waals surface area (Å²) in [6.45, 7) is 8.24. The molecule has 1 aliphatic heterocycles. The minimum Gasteiger partial charge on any atom is -0.463 e. The number of nitrogens with zero attached hydrogens (tertiary/aromatic N) is 1. The van der Waals surface area contributed by atoms with Gasteiger partial charge in [0, 0.05) is 11.4 Å². The fraction of sp³-hybridized carbons (Fsp3) is 0.281. The molecule has 0 amide bonds. The second-order valence-corrected chi connectivity index (χ2v) is 10.1. The Morgan fingerprint density at radius 1 is 0.846 bits per heavy atom. The zero-order chi connectivity index (χ0) is 27.8. The highest BCUT2D eigenvalue weighted by Gasteiger charge is 2.30. The zero-order valence-corrected chi connectivity index (χ0v) is 23.6. The van der Waals surface area contributed by atoms with Gasteiger partial charge in [-0.1, -0.05) is 79.3 Å². The van der Waals surface area contributed by atoms with E-state index in [1.807, 2.05) is 49.4 Å². The molecule has 6 nitrogen and oxygen atoms in total. The van der Waals surface area contributed by atoms with Crippen LogP contribution in [0.25, 0.3) is 11.1 Å². The average Bonchev–Trinajstić information content (AvgIpc) is 2.96. The van der Waals surface area contributed by atoms with Gasteiger partial charge in [-0.3, -0.25) is 0 Å². The maximum Gasteiger partial charge on any atom is 0.338 e. The van der Waals surface area contributed by atoms with E-state index in [1.54, 1.807) is 31.7 Å². The summed E-state index contributed by atoms with van der Waals surface area (Å²) in [5.41, 5.74) is 7.02. The Morgan fingerprint density at radius 2 is 1.51 bits per heavy atom. The number of benzene rings is 3. The second kappa shape index (κ2) is 13.3. The number of allylic oxidation sites excluding steroid dienone is 1. The van der Waals surface area contributed by atoms with Crippen LogP contribution in [0.2, 0.25) is 0 Å². The van der Waals surface area contributed by atoms with Gasteiger partial charge in [-0.15, -0.1) is 0 Å². The van der Waals surface area contributed by atoms with E-state index >= 15 is 0 Å². The van der Waals surface area contributed by atoms with Crippen LogP contribution in [0, 0.1) is 0 Å². The van der Waals surface area contributed by atoms with Crippen LogP contribution in [0.4, 0.5) is 0 Å². The van der Waals surface area contributed by atoms with Crippen molar-refractivity contribution in [1.82, 2.24) is 5.32 Å². The maximum absolute atomic E-state index is 12.9. The topological polar surface area (TPSA) is 77.0 Å². The van der Waals surface area contributed by atoms with Crippen LogP contribution >= 0.6 is 11.8 Å². The molecule has 0 radical (unpaired) electrons. The fourth-order valence-electron chi connectivity index (χ4n) is 4.36. The summed E-state index contributed by atoms with van der Waals surface area (Å²) in [7, 11) is 0. The predicted molar refractivity (Wildman–Crippen MR) is 158 cm³/mol. The highest BCUT2D eigenvalue weighted by atomic mass is 32.2. The van der Waals surface area contributed by atoms with Crippen molar-refractivity contribution in [1.29, 1.82) is 0 Å². The van der Waals surface area contributed by atoms with Gasteiger partial charge in [-0.25, -0.2) is 14.6 Å². The third-order valence-corrected chi connectivity index (χ3v) is 7.41. The molecule has 202 valence electrons. The quantitative estimate of drug-likeness (QED) is 0.298. The van der Waals surface area contributed by atoms with Gasteiger partial charge in [0.2, 0.25) is 0 Å². The first-order valence-electron chi connectivity index (χ1n) is 13.2. The molecular weight excluding hydrogens is 508 g/mol. The number of thioether (sulfide) groups is 1. The molecule has 0 fully saturated rings. The third-order valence-electron chi connectivity index (χ3n) is 6.45. The number of carbonyl (C=O) groups is 2. The number of nitrogens with one attached hydrogen (secondary N) is 1. The zero-order valence-electron chi connectivity index (χ0n) is 22.8. The maximum atomic E-state index is 12.9. The van der Waals surface area contributed by atoms with Gasteiger partial charge >= 0.3 is 11.9 Å². The molecule has 0 bridgehead atoms. The van der Waals surface area contributed by atoms with Crippen LogP contribution in [-0.2, 0) is 26.4 Å². The number of rotatable bonds is 9. The number of esters is 2. The van der Waals surface area contributed by atoms with Crippen molar-refractivity contribution < 1.29 is 19.1 Å². The standard InChI is InChI=1S/C32H34N2O4S/c1-5-22-11-13-23(14-12-22)20-39-32-33-21(4)28(31(36)38-7-3)29(34-32)25-17-15-24(16-18-25)26-9-8-10-27(19-26)30(35)37-6-2/h8-19,29H,5-7,20H2,1-4H3,(H,33,34). The predicted octanol–water partition coefficient (Wildman–Crippen LogP) is 6.86. The van der Waals surface area contributed by atoms with E-state index in [-0.39, 0.29) is 18.5 Å². The minimum absolute atomic E-state index is 0.289. The molecule has 0 aromatic heterocycles. The van der Waals surface area contributed by atoms with Gasteiger partial charge in [-0.2, -0.15) is 0 Å². The molecule has 0 spiro atoms. The van der Waals surface area contributed by atoms with Crippen molar-refractivity contribution in [3.05, 3.63) is 106 Å². The van der Waals surface area contributed by atoms with E-state index < -0.39 is 6.04 Å². The Hall–Kier alpha value is -3.84. The molecule has 39 heavy (non-hydrogen) atoms. The molecule has 3 aromatic carbocycles. The summed E-state index contributed by atoms with van der Waals surface area (Å²) >= 11 is 1.61. The fourth-order valence-corrected chi connectivity index (χ4v) is 5.26. The number of amidine groups is 1. The summed E-state index contributed by atoms with van der Waals surface area (Å²) in [6, 6.07) is 23.4. The van der Waals surface area contributed by atoms with Crippen LogP contribution in [-0.4, -0.2) is 30.3 Å². The van der Waals surface area contributed by atoms with Gasteiger partial charge in [-0.05, 0) is 67.1 Å². The number of carbonyl (C=O) groups excluding carboxylic acids is 2. The van der Waals surface area contributed by atoms with Crippen molar-refractivity contribution in [3.8, 4) is 11.1 Å². The molecule has 4 rings (SSSR count). The van der Waals surface area contributed by atoms with Crippen molar-refractivity contribution in [2.45, 2.75) is 45.9 Å². The normalized spacial score (nSPS) is 14.9. The van der Waals surface area contributed by atoms with E-state index in [4.69, 9.17) is 14.5 Å². The smallest absolute Gasteiger partial charge is 0.338 e. The lowest BCUT2D eigenvalue weighted by atomic mass is 9.94. The molecule has 7 heteroatoms. The van der Waals surface area contributed by atoms with E-state index in [0.717, 1.165) is 39.7 Å². The van der Waals surface area contributed by atoms with Gasteiger partial charge in [0.1, 0.15) is 6.04 Å². The largest absolute Gasteiger partial charge is 0.463 e. The molecule has 1 N–H and O–H groups in total. The first-order chi connectivity index (χ1) is 18.9. The molecule has 3 aromatic rings.